The van der Waals surface area contributed by atoms with Crippen molar-refractivity contribution in [2.75, 3.05) is 6.26 Å². The summed E-state index contributed by atoms with van der Waals surface area (Å²) in [6, 6.07) is 8.51. The van der Waals surface area contributed by atoms with Gasteiger partial charge in [0.05, 0.1) is 10.6 Å². The summed E-state index contributed by atoms with van der Waals surface area (Å²) in [6.07, 6.45) is 6.41. The van der Waals surface area contributed by atoms with Crippen molar-refractivity contribution in [1.82, 2.24) is 14.4 Å². The molecule has 0 N–H and O–H groups in total. The summed E-state index contributed by atoms with van der Waals surface area (Å²) in [4.78, 5) is 8.77. The van der Waals surface area contributed by atoms with E-state index >= 15 is 0 Å². The van der Waals surface area contributed by atoms with Crippen molar-refractivity contribution in [3.05, 3.63) is 49.1 Å². The Bertz CT molecular complexity index is 803. The van der Waals surface area contributed by atoms with E-state index in [0.29, 0.717) is 4.90 Å². The zero-order valence-electron chi connectivity index (χ0n) is 10.2. The highest BCUT2D eigenvalue weighted by Gasteiger charge is 2.08. The molecule has 2 aromatic heterocycles. The first-order valence-electron chi connectivity index (χ1n) is 5.63. The van der Waals surface area contributed by atoms with E-state index in [1.165, 1.54) is 6.26 Å². The molecule has 0 bridgehead atoms. The zero-order chi connectivity index (χ0) is 13.5. The lowest BCUT2D eigenvalue weighted by molar-refractivity contribution is 0.602. The number of aromatic nitrogens is 3. The lowest BCUT2D eigenvalue weighted by Crippen LogP contribution is -1.96. The fraction of sp³-hybridized carbons (Fsp3) is 0.0769. The Balaban J connectivity index is 2.07. The summed E-state index contributed by atoms with van der Waals surface area (Å²) in [5.74, 6) is 0. The summed E-state index contributed by atoms with van der Waals surface area (Å²) in [5.41, 5.74) is 2.46. The van der Waals surface area contributed by atoms with Gasteiger partial charge < -0.3 is 0 Å². The average Bonchev–Trinajstić information content (AvgIpc) is 2.81. The van der Waals surface area contributed by atoms with Crippen molar-refractivity contribution in [3.63, 3.8) is 0 Å². The van der Waals surface area contributed by atoms with Crippen LogP contribution in [0.3, 0.4) is 0 Å². The van der Waals surface area contributed by atoms with E-state index in [1.807, 2.05) is 16.7 Å². The monoisotopic (exact) mass is 273 g/mol. The summed E-state index contributed by atoms with van der Waals surface area (Å²) < 4.78 is 24.6. The number of fused-ring (bicyclic) bond motifs is 1. The third kappa shape index (κ3) is 2.22. The lowest BCUT2D eigenvalue weighted by atomic mass is 10.2. The highest BCUT2D eigenvalue weighted by atomic mass is 32.2. The minimum Gasteiger partial charge on any atom is -0.290 e. The van der Waals surface area contributed by atoms with E-state index in [-0.39, 0.29) is 0 Å². The van der Waals surface area contributed by atoms with Crippen LogP contribution in [0, 0.1) is 0 Å². The SMILES string of the molecule is CS(=O)(=O)c1ccc(-c2cn3cnccc3n2)cc1. The second kappa shape index (κ2) is 4.17. The molecule has 0 amide bonds. The predicted octanol–water partition coefficient (Wildman–Crippen LogP) is 1.80. The molecule has 3 rings (SSSR count). The Labute approximate surface area is 110 Å². The third-order valence-electron chi connectivity index (χ3n) is 2.84. The van der Waals surface area contributed by atoms with E-state index < -0.39 is 9.84 Å². The molecule has 0 aliphatic carbocycles. The molecule has 1 aromatic carbocycles. The van der Waals surface area contributed by atoms with Gasteiger partial charge in [-0.25, -0.2) is 18.4 Å². The van der Waals surface area contributed by atoms with Crippen LogP contribution in [-0.2, 0) is 9.84 Å². The number of nitrogens with zero attached hydrogens (tertiary/aromatic N) is 3. The van der Waals surface area contributed by atoms with Crippen molar-refractivity contribution < 1.29 is 8.42 Å². The topological polar surface area (TPSA) is 64.3 Å². The molecule has 2 heterocycles. The van der Waals surface area contributed by atoms with Crippen molar-refractivity contribution in [2.45, 2.75) is 4.90 Å². The largest absolute Gasteiger partial charge is 0.290 e. The average molecular weight is 273 g/mol. The normalized spacial score (nSPS) is 11.8. The Morgan fingerprint density at radius 1 is 1.11 bits per heavy atom. The standard InChI is InChI=1S/C13H11N3O2S/c1-19(17,18)11-4-2-10(3-5-11)12-8-16-9-14-7-6-13(16)15-12/h2-9H,1H3. The van der Waals surface area contributed by atoms with Gasteiger partial charge in [0.25, 0.3) is 0 Å². The van der Waals surface area contributed by atoms with Crippen molar-refractivity contribution in [2.24, 2.45) is 0 Å². The van der Waals surface area contributed by atoms with Gasteiger partial charge in [0, 0.05) is 24.2 Å². The van der Waals surface area contributed by atoms with Crippen LogP contribution in [0.2, 0.25) is 0 Å². The molecule has 0 saturated carbocycles. The second-order valence-electron chi connectivity index (χ2n) is 4.27. The molecule has 5 nitrogen and oxygen atoms in total. The Morgan fingerprint density at radius 3 is 2.47 bits per heavy atom. The number of benzene rings is 1. The Morgan fingerprint density at radius 2 is 1.84 bits per heavy atom. The van der Waals surface area contributed by atoms with Crippen LogP contribution < -0.4 is 0 Å². The molecule has 0 saturated heterocycles. The maximum atomic E-state index is 11.4. The van der Waals surface area contributed by atoms with Crippen molar-refractivity contribution >= 4 is 15.5 Å². The minimum atomic E-state index is -3.16. The maximum Gasteiger partial charge on any atom is 0.175 e. The Hall–Kier alpha value is -2.21. The molecule has 0 fully saturated rings. The van der Waals surface area contributed by atoms with Crippen molar-refractivity contribution in [1.29, 1.82) is 0 Å². The second-order valence-corrected chi connectivity index (χ2v) is 6.28. The van der Waals surface area contributed by atoms with Gasteiger partial charge in [-0.3, -0.25) is 4.40 Å². The molecule has 0 aliphatic heterocycles. The molecular weight excluding hydrogens is 262 g/mol. The number of rotatable bonds is 2. The van der Waals surface area contributed by atoms with Gasteiger partial charge in [-0.2, -0.15) is 0 Å². The molecular formula is C13H11N3O2S. The first-order chi connectivity index (χ1) is 9.04. The van der Waals surface area contributed by atoms with Crippen LogP contribution in [0.1, 0.15) is 0 Å². The van der Waals surface area contributed by atoms with Crippen LogP contribution >= 0.6 is 0 Å². The highest BCUT2D eigenvalue weighted by Crippen LogP contribution is 2.20. The van der Waals surface area contributed by atoms with Crippen LogP contribution in [0.5, 0.6) is 0 Å². The maximum absolute atomic E-state index is 11.4. The van der Waals surface area contributed by atoms with Gasteiger partial charge >= 0.3 is 0 Å². The minimum absolute atomic E-state index is 0.307. The molecule has 0 radical (unpaired) electrons. The molecule has 96 valence electrons. The fourth-order valence-electron chi connectivity index (χ4n) is 1.86. The van der Waals surface area contributed by atoms with E-state index in [0.717, 1.165) is 16.9 Å². The quantitative estimate of drug-likeness (QED) is 0.714. The Kier molecular flexibility index (Phi) is 2.60. The fourth-order valence-corrected chi connectivity index (χ4v) is 2.49. The molecule has 0 aliphatic rings. The summed E-state index contributed by atoms with van der Waals surface area (Å²) in [6.45, 7) is 0. The lowest BCUT2D eigenvalue weighted by Gasteiger charge is -1.99. The van der Waals surface area contributed by atoms with E-state index in [1.54, 1.807) is 36.8 Å². The predicted molar refractivity (Wildman–Crippen MR) is 71.5 cm³/mol. The summed E-state index contributed by atoms with van der Waals surface area (Å²) in [7, 11) is -3.16. The molecule has 19 heavy (non-hydrogen) atoms. The first-order valence-corrected chi connectivity index (χ1v) is 7.52. The highest BCUT2D eigenvalue weighted by molar-refractivity contribution is 7.90. The van der Waals surface area contributed by atoms with Gasteiger partial charge in [-0.1, -0.05) is 12.1 Å². The molecule has 0 spiro atoms. The summed E-state index contributed by atoms with van der Waals surface area (Å²) >= 11 is 0. The molecule has 6 heteroatoms. The first kappa shape index (κ1) is 11.9. The summed E-state index contributed by atoms with van der Waals surface area (Å²) in [5, 5.41) is 0. The molecule has 0 atom stereocenters. The number of hydrogen-bond acceptors (Lipinski definition) is 4. The number of hydrogen-bond donors (Lipinski definition) is 0. The molecule has 3 aromatic rings. The number of sulfone groups is 1. The van der Waals surface area contributed by atoms with Crippen molar-refractivity contribution in [3.8, 4) is 11.3 Å². The van der Waals surface area contributed by atoms with Gasteiger partial charge in [0.1, 0.15) is 12.0 Å². The van der Waals surface area contributed by atoms with E-state index in [9.17, 15) is 8.42 Å². The smallest absolute Gasteiger partial charge is 0.175 e. The van der Waals surface area contributed by atoms with Crippen LogP contribution in [0.25, 0.3) is 16.9 Å². The zero-order valence-corrected chi connectivity index (χ0v) is 11.0. The van der Waals surface area contributed by atoms with Gasteiger partial charge in [-0.05, 0) is 18.2 Å². The van der Waals surface area contributed by atoms with Crippen LogP contribution in [0.4, 0.5) is 0 Å². The van der Waals surface area contributed by atoms with Crippen LogP contribution in [0.15, 0.2) is 53.9 Å². The third-order valence-corrected chi connectivity index (χ3v) is 3.97. The molecule has 0 unspecified atom stereocenters. The van der Waals surface area contributed by atoms with Gasteiger partial charge in [-0.15, -0.1) is 0 Å². The van der Waals surface area contributed by atoms with E-state index in [2.05, 4.69) is 9.97 Å². The number of imidazole rings is 1. The van der Waals surface area contributed by atoms with Crippen LogP contribution in [-0.4, -0.2) is 29.0 Å². The van der Waals surface area contributed by atoms with E-state index in [4.69, 9.17) is 0 Å². The van der Waals surface area contributed by atoms with Gasteiger partial charge in [0.2, 0.25) is 0 Å². The van der Waals surface area contributed by atoms with Gasteiger partial charge in [0.15, 0.2) is 9.84 Å².